The van der Waals surface area contributed by atoms with Gasteiger partial charge in [0.05, 0.1) is 4.90 Å². The second-order valence-electron chi connectivity index (χ2n) is 5.29. The van der Waals surface area contributed by atoms with Crippen molar-refractivity contribution >= 4 is 22.4 Å². The molecule has 4 nitrogen and oxygen atoms in total. The predicted molar refractivity (Wildman–Crippen MR) is 83.7 cm³/mol. The molecule has 1 heterocycles. The fourth-order valence-corrected chi connectivity index (χ4v) is 3.84. The van der Waals surface area contributed by atoms with Crippen molar-refractivity contribution in [3.8, 4) is 0 Å². The first-order chi connectivity index (χ1) is 8.95. The van der Waals surface area contributed by atoms with Gasteiger partial charge < -0.3 is 5.73 Å². The van der Waals surface area contributed by atoms with Crippen molar-refractivity contribution in [3.63, 3.8) is 0 Å². The lowest BCUT2D eigenvalue weighted by Crippen LogP contribution is -2.31. The van der Waals surface area contributed by atoms with Gasteiger partial charge in [0.2, 0.25) is 10.0 Å². The molecule has 1 aliphatic rings. The lowest BCUT2D eigenvalue weighted by Gasteiger charge is -2.16. The molecular weight excluding hydrogens is 296 g/mol. The van der Waals surface area contributed by atoms with Crippen LogP contribution in [0.3, 0.4) is 0 Å². The molecule has 1 aliphatic heterocycles. The van der Waals surface area contributed by atoms with Crippen molar-refractivity contribution in [1.82, 2.24) is 4.31 Å². The summed E-state index contributed by atoms with van der Waals surface area (Å²) < 4.78 is 26.3. The zero-order valence-corrected chi connectivity index (χ0v) is 13.6. The number of hydrogen-bond acceptors (Lipinski definition) is 3. The molecular formula is C14H23ClN2O2S. The highest BCUT2D eigenvalue weighted by Crippen LogP contribution is 2.24. The average molecular weight is 319 g/mol. The highest BCUT2D eigenvalue weighted by molar-refractivity contribution is 7.89. The van der Waals surface area contributed by atoms with Gasteiger partial charge in [-0.3, -0.25) is 0 Å². The third-order valence-corrected chi connectivity index (χ3v) is 5.77. The van der Waals surface area contributed by atoms with Gasteiger partial charge in [0.25, 0.3) is 0 Å². The van der Waals surface area contributed by atoms with Crippen molar-refractivity contribution in [2.24, 2.45) is 5.73 Å². The molecule has 2 unspecified atom stereocenters. The van der Waals surface area contributed by atoms with Crippen LogP contribution in [0.2, 0.25) is 0 Å². The third-order valence-electron chi connectivity index (χ3n) is 3.89. The molecule has 0 aliphatic carbocycles. The van der Waals surface area contributed by atoms with E-state index in [-0.39, 0.29) is 18.4 Å². The van der Waals surface area contributed by atoms with E-state index in [9.17, 15) is 8.42 Å². The first-order valence-corrected chi connectivity index (χ1v) is 8.25. The standard InChI is InChI=1S/C14H22N2O2S.ClH/c1-3-11(2)12-4-6-14(7-5-12)19(17,18)16-9-8-13(15)10-16;/h4-7,11,13H,3,8-10,15H2,1-2H3;1H. The molecule has 1 saturated heterocycles. The minimum atomic E-state index is -3.37. The zero-order valence-electron chi connectivity index (χ0n) is 12.0. The summed E-state index contributed by atoms with van der Waals surface area (Å²) in [6.07, 6.45) is 1.79. The lowest BCUT2D eigenvalue weighted by molar-refractivity contribution is 0.472. The molecule has 1 aromatic carbocycles. The van der Waals surface area contributed by atoms with E-state index in [0.717, 1.165) is 12.8 Å². The van der Waals surface area contributed by atoms with Gasteiger partial charge in [-0.25, -0.2) is 8.42 Å². The van der Waals surface area contributed by atoms with Gasteiger partial charge in [-0.1, -0.05) is 26.0 Å². The maximum absolute atomic E-state index is 12.4. The quantitative estimate of drug-likeness (QED) is 0.926. The first kappa shape index (κ1) is 17.4. The minimum absolute atomic E-state index is 0. The third kappa shape index (κ3) is 3.52. The zero-order chi connectivity index (χ0) is 14.0. The van der Waals surface area contributed by atoms with Crippen LogP contribution in [0.1, 0.15) is 38.2 Å². The summed E-state index contributed by atoms with van der Waals surface area (Å²) >= 11 is 0. The summed E-state index contributed by atoms with van der Waals surface area (Å²) in [5.74, 6) is 0.456. The molecule has 0 aromatic heterocycles. The van der Waals surface area contributed by atoms with E-state index >= 15 is 0 Å². The fourth-order valence-electron chi connectivity index (χ4n) is 2.33. The molecule has 0 amide bonds. The van der Waals surface area contributed by atoms with E-state index in [4.69, 9.17) is 5.73 Å². The van der Waals surface area contributed by atoms with Crippen molar-refractivity contribution < 1.29 is 8.42 Å². The van der Waals surface area contributed by atoms with Gasteiger partial charge >= 0.3 is 0 Å². The Morgan fingerprint density at radius 2 is 1.95 bits per heavy atom. The number of sulfonamides is 1. The summed E-state index contributed by atoms with van der Waals surface area (Å²) in [7, 11) is -3.37. The van der Waals surface area contributed by atoms with Crippen LogP contribution >= 0.6 is 12.4 Å². The predicted octanol–water partition coefficient (Wildman–Crippen LogP) is 2.34. The van der Waals surface area contributed by atoms with Gasteiger partial charge in [0.1, 0.15) is 0 Å². The van der Waals surface area contributed by atoms with Crippen LogP contribution in [0.5, 0.6) is 0 Å². The topological polar surface area (TPSA) is 63.4 Å². The Labute approximate surface area is 127 Å². The Morgan fingerprint density at radius 3 is 2.40 bits per heavy atom. The molecule has 0 bridgehead atoms. The molecule has 0 radical (unpaired) electrons. The molecule has 1 fully saturated rings. The van der Waals surface area contributed by atoms with E-state index in [1.54, 1.807) is 12.1 Å². The normalized spacial score (nSPS) is 21.4. The van der Waals surface area contributed by atoms with E-state index < -0.39 is 10.0 Å². The number of nitrogens with zero attached hydrogens (tertiary/aromatic N) is 1. The largest absolute Gasteiger partial charge is 0.326 e. The Hall–Kier alpha value is -0.620. The highest BCUT2D eigenvalue weighted by Gasteiger charge is 2.30. The summed E-state index contributed by atoms with van der Waals surface area (Å²) in [5.41, 5.74) is 6.96. The molecule has 0 spiro atoms. The van der Waals surface area contributed by atoms with Crippen LogP contribution in [0, 0.1) is 0 Å². The van der Waals surface area contributed by atoms with E-state index in [1.807, 2.05) is 12.1 Å². The van der Waals surface area contributed by atoms with Crippen molar-refractivity contribution in [2.45, 2.75) is 43.5 Å². The highest BCUT2D eigenvalue weighted by atomic mass is 35.5. The number of hydrogen-bond donors (Lipinski definition) is 1. The van der Waals surface area contributed by atoms with Gasteiger partial charge in [-0.15, -0.1) is 12.4 Å². The van der Waals surface area contributed by atoms with Crippen LogP contribution in [-0.2, 0) is 10.0 Å². The van der Waals surface area contributed by atoms with Crippen LogP contribution in [0.4, 0.5) is 0 Å². The maximum Gasteiger partial charge on any atom is 0.243 e. The second-order valence-corrected chi connectivity index (χ2v) is 7.23. The van der Waals surface area contributed by atoms with Gasteiger partial charge in [-0.05, 0) is 36.5 Å². The molecule has 0 saturated carbocycles. The number of halogens is 1. The number of nitrogens with two attached hydrogens (primary N) is 1. The van der Waals surface area contributed by atoms with E-state index in [0.29, 0.717) is 23.9 Å². The van der Waals surface area contributed by atoms with Crippen molar-refractivity contribution in [3.05, 3.63) is 29.8 Å². The number of rotatable bonds is 4. The molecule has 114 valence electrons. The Balaban J connectivity index is 0.00000200. The molecule has 2 rings (SSSR count). The van der Waals surface area contributed by atoms with Crippen LogP contribution in [-0.4, -0.2) is 31.9 Å². The molecule has 1 aromatic rings. The smallest absolute Gasteiger partial charge is 0.243 e. The summed E-state index contributed by atoms with van der Waals surface area (Å²) in [5, 5.41) is 0. The van der Waals surface area contributed by atoms with Crippen molar-refractivity contribution in [2.75, 3.05) is 13.1 Å². The summed E-state index contributed by atoms with van der Waals surface area (Å²) in [4.78, 5) is 0.369. The van der Waals surface area contributed by atoms with E-state index in [2.05, 4.69) is 13.8 Å². The van der Waals surface area contributed by atoms with Crippen LogP contribution in [0.25, 0.3) is 0 Å². The Morgan fingerprint density at radius 1 is 1.35 bits per heavy atom. The van der Waals surface area contributed by atoms with Crippen LogP contribution in [0.15, 0.2) is 29.2 Å². The van der Waals surface area contributed by atoms with Crippen LogP contribution < -0.4 is 5.73 Å². The SMILES string of the molecule is CCC(C)c1ccc(S(=O)(=O)N2CCC(N)C2)cc1.Cl. The van der Waals surface area contributed by atoms with Gasteiger partial charge in [-0.2, -0.15) is 4.31 Å². The molecule has 2 atom stereocenters. The first-order valence-electron chi connectivity index (χ1n) is 6.81. The lowest BCUT2D eigenvalue weighted by atomic mass is 9.99. The van der Waals surface area contributed by atoms with E-state index in [1.165, 1.54) is 9.87 Å². The minimum Gasteiger partial charge on any atom is -0.326 e. The van der Waals surface area contributed by atoms with Gasteiger partial charge in [0.15, 0.2) is 0 Å². The molecule has 2 N–H and O–H groups in total. The maximum atomic E-state index is 12.4. The number of benzene rings is 1. The second kappa shape index (κ2) is 6.89. The summed E-state index contributed by atoms with van der Waals surface area (Å²) in [6.45, 7) is 5.22. The Kier molecular flexibility index (Phi) is 6.01. The fraction of sp³-hybridized carbons (Fsp3) is 0.571. The molecule has 20 heavy (non-hydrogen) atoms. The molecule has 6 heteroatoms. The monoisotopic (exact) mass is 318 g/mol. The summed E-state index contributed by atoms with van der Waals surface area (Å²) in [6, 6.07) is 7.21. The van der Waals surface area contributed by atoms with Gasteiger partial charge in [0, 0.05) is 19.1 Å². The average Bonchev–Trinajstić information content (AvgIpc) is 2.85. The Bertz CT molecular complexity index is 531. The van der Waals surface area contributed by atoms with Crippen molar-refractivity contribution in [1.29, 1.82) is 0 Å².